The van der Waals surface area contributed by atoms with Crippen molar-refractivity contribution in [2.24, 2.45) is 11.3 Å². The molecule has 0 saturated heterocycles. The highest BCUT2D eigenvalue weighted by atomic mass is 32.1. The summed E-state index contributed by atoms with van der Waals surface area (Å²) in [4.78, 5) is 5.52. The van der Waals surface area contributed by atoms with Crippen LogP contribution in [-0.2, 0) is 0 Å². The molecule has 15 heavy (non-hydrogen) atoms. The molecule has 0 fully saturated rings. The second-order valence-electron chi connectivity index (χ2n) is 5.12. The molecule has 0 aliphatic carbocycles. The fourth-order valence-corrected chi connectivity index (χ4v) is 2.41. The second-order valence-corrected chi connectivity index (χ2v) is 6.01. The van der Waals surface area contributed by atoms with Crippen LogP contribution in [0.5, 0.6) is 0 Å². The number of nitrogens with zero attached hydrogens (tertiary/aromatic N) is 1. The molecule has 1 aromatic rings. The molecule has 0 aliphatic rings. The van der Waals surface area contributed by atoms with Gasteiger partial charge in [0.15, 0.2) is 0 Å². The number of hydrogen-bond acceptors (Lipinski definition) is 4. The molecule has 0 bridgehead atoms. The first-order chi connectivity index (χ1) is 6.94. The van der Waals surface area contributed by atoms with Crippen molar-refractivity contribution in [2.45, 2.75) is 46.6 Å². The van der Waals surface area contributed by atoms with Crippen LogP contribution in [0.4, 0.5) is 0 Å². The zero-order valence-corrected chi connectivity index (χ0v) is 10.8. The van der Waals surface area contributed by atoms with E-state index in [0.717, 1.165) is 18.5 Å². The maximum absolute atomic E-state index is 5.59. The third-order valence-corrected chi connectivity index (χ3v) is 3.53. The van der Waals surface area contributed by atoms with Crippen molar-refractivity contribution in [1.82, 2.24) is 10.4 Å². The van der Waals surface area contributed by atoms with Crippen LogP contribution in [0.25, 0.3) is 0 Å². The number of nitrogens with one attached hydrogen (secondary N) is 1. The van der Waals surface area contributed by atoms with Gasteiger partial charge in [-0.05, 0) is 25.2 Å². The van der Waals surface area contributed by atoms with Crippen molar-refractivity contribution in [3.63, 3.8) is 0 Å². The molecule has 1 heterocycles. The van der Waals surface area contributed by atoms with Crippen LogP contribution < -0.4 is 11.3 Å². The zero-order chi connectivity index (χ0) is 11.5. The fourth-order valence-electron chi connectivity index (χ4n) is 1.51. The van der Waals surface area contributed by atoms with E-state index in [4.69, 9.17) is 5.84 Å². The highest BCUT2D eigenvalue weighted by Crippen LogP contribution is 2.29. The van der Waals surface area contributed by atoms with Gasteiger partial charge in [-0.2, -0.15) is 0 Å². The summed E-state index contributed by atoms with van der Waals surface area (Å²) in [6.07, 6.45) is 2.21. The van der Waals surface area contributed by atoms with E-state index in [1.807, 2.05) is 12.4 Å². The quantitative estimate of drug-likeness (QED) is 0.614. The third kappa shape index (κ3) is 3.89. The minimum absolute atomic E-state index is 0.247. The minimum atomic E-state index is 0.247. The van der Waals surface area contributed by atoms with Gasteiger partial charge >= 0.3 is 0 Å². The molecular weight excluding hydrogens is 206 g/mol. The van der Waals surface area contributed by atoms with Gasteiger partial charge in [-0.15, -0.1) is 11.3 Å². The van der Waals surface area contributed by atoms with Gasteiger partial charge in [-0.1, -0.05) is 20.8 Å². The summed E-state index contributed by atoms with van der Waals surface area (Å²) in [7, 11) is 0. The van der Waals surface area contributed by atoms with Crippen LogP contribution in [-0.4, -0.2) is 4.98 Å². The van der Waals surface area contributed by atoms with Crippen LogP contribution in [0.1, 0.15) is 50.2 Å². The highest BCUT2D eigenvalue weighted by molar-refractivity contribution is 7.09. The first-order valence-corrected chi connectivity index (χ1v) is 6.18. The van der Waals surface area contributed by atoms with Crippen molar-refractivity contribution in [3.8, 4) is 0 Å². The van der Waals surface area contributed by atoms with E-state index in [-0.39, 0.29) is 6.04 Å². The first kappa shape index (κ1) is 12.6. The summed E-state index contributed by atoms with van der Waals surface area (Å²) in [5, 5.41) is 0. The van der Waals surface area contributed by atoms with Crippen LogP contribution >= 0.6 is 11.3 Å². The number of aromatic nitrogens is 1. The molecule has 0 radical (unpaired) electrons. The molecule has 3 N–H and O–H groups in total. The Labute approximate surface area is 96.1 Å². The van der Waals surface area contributed by atoms with E-state index >= 15 is 0 Å². The molecule has 0 amide bonds. The molecule has 1 aromatic heterocycles. The van der Waals surface area contributed by atoms with Gasteiger partial charge < -0.3 is 0 Å². The highest BCUT2D eigenvalue weighted by Gasteiger charge is 2.18. The molecule has 0 aliphatic heterocycles. The van der Waals surface area contributed by atoms with E-state index in [1.165, 1.54) is 4.88 Å². The average Bonchev–Trinajstić information content (AvgIpc) is 2.52. The normalized spacial score (nSPS) is 14.2. The lowest BCUT2D eigenvalue weighted by atomic mass is 9.88. The predicted octanol–water partition coefficient (Wildman–Crippen LogP) is 2.78. The zero-order valence-electron chi connectivity index (χ0n) is 10.0. The van der Waals surface area contributed by atoms with Crippen molar-refractivity contribution < 1.29 is 0 Å². The SMILES string of the molecule is Cc1ncsc1C(CCC(C)(C)C)NN. The minimum Gasteiger partial charge on any atom is -0.271 e. The van der Waals surface area contributed by atoms with Gasteiger partial charge in [0.1, 0.15) is 0 Å². The fraction of sp³-hybridized carbons (Fsp3) is 0.727. The monoisotopic (exact) mass is 227 g/mol. The van der Waals surface area contributed by atoms with Gasteiger partial charge in [-0.25, -0.2) is 4.98 Å². The molecular formula is C11H21N3S. The predicted molar refractivity (Wildman–Crippen MR) is 65.6 cm³/mol. The Balaban J connectivity index is 2.61. The third-order valence-electron chi connectivity index (χ3n) is 2.48. The number of thiazole rings is 1. The lowest BCUT2D eigenvalue weighted by molar-refractivity contribution is 0.334. The molecule has 4 heteroatoms. The number of rotatable bonds is 4. The van der Waals surface area contributed by atoms with Crippen molar-refractivity contribution in [3.05, 3.63) is 16.1 Å². The topological polar surface area (TPSA) is 50.9 Å². The smallest absolute Gasteiger partial charge is 0.0798 e. The Morgan fingerprint density at radius 2 is 2.20 bits per heavy atom. The maximum Gasteiger partial charge on any atom is 0.0798 e. The van der Waals surface area contributed by atoms with E-state index in [0.29, 0.717) is 5.41 Å². The number of hydrogen-bond donors (Lipinski definition) is 2. The Bertz CT molecular complexity index is 301. The standard InChI is InChI=1S/C11H21N3S/c1-8-10(15-7-13-8)9(14-12)5-6-11(2,3)4/h7,9,14H,5-6,12H2,1-4H3. The number of hydrazine groups is 1. The van der Waals surface area contributed by atoms with Crippen molar-refractivity contribution >= 4 is 11.3 Å². The van der Waals surface area contributed by atoms with Gasteiger partial charge in [0.25, 0.3) is 0 Å². The first-order valence-electron chi connectivity index (χ1n) is 5.30. The molecule has 0 saturated carbocycles. The molecule has 3 nitrogen and oxygen atoms in total. The van der Waals surface area contributed by atoms with E-state index < -0.39 is 0 Å². The summed E-state index contributed by atoms with van der Waals surface area (Å²) in [5.41, 5.74) is 6.22. The Hall–Kier alpha value is -0.450. The summed E-state index contributed by atoms with van der Waals surface area (Å²) in [6, 6.07) is 0.247. The van der Waals surface area contributed by atoms with Crippen molar-refractivity contribution in [2.75, 3.05) is 0 Å². The van der Waals surface area contributed by atoms with E-state index in [1.54, 1.807) is 11.3 Å². The Kier molecular flexibility index (Phi) is 4.25. The van der Waals surface area contributed by atoms with Gasteiger partial charge in [0, 0.05) is 4.88 Å². The number of nitrogens with two attached hydrogens (primary N) is 1. The number of aryl methyl sites for hydroxylation is 1. The Morgan fingerprint density at radius 1 is 1.53 bits per heavy atom. The molecule has 0 aromatic carbocycles. The summed E-state index contributed by atoms with van der Waals surface area (Å²) >= 11 is 1.68. The summed E-state index contributed by atoms with van der Waals surface area (Å²) in [5.74, 6) is 5.59. The average molecular weight is 227 g/mol. The van der Waals surface area contributed by atoms with Crippen LogP contribution in [0, 0.1) is 12.3 Å². The lowest BCUT2D eigenvalue weighted by Gasteiger charge is -2.22. The van der Waals surface area contributed by atoms with Gasteiger partial charge in [0.2, 0.25) is 0 Å². The molecule has 0 spiro atoms. The van der Waals surface area contributed by atoms with Crippen molar-refractivity contribution in [1.29, 1.82) is 0 Å². The molecule has 1 rings (SSSR count). The largest absolute Gasteiger partial charge is 0.271 e. The second kappa shape index (κ2) is 5.05. The molecule has 1 unspecified atom stereocenters. The summed E-state index contributed by atoms with van der Waals surface area (Å²) < 4.78 is 0. The van der Waals surface area contributed by atoms with Crippen LogP contribution in [0.15, 0.2) is 5.51 Å². The van der Waals surface area contributed by atoms with Crippen LogP contribution in [0.2, 0.25) is 0 Å². The lowest BCUT2D eigenvalue weighted by Crippen LogP contribution is -2.28. The Morgan fingerprint density at radius 3 is 2.60 bits per heavy atom. The molecule has 86 valence electrons. The summed E-state index contributed by atoms with van der Waals surface area (Å²) in [6.45, 7) is 8.79. The van der Waals surface area contributed by atoms with E-state index in [2.05, 4.69) is 31.2 Å². The van der Waals surface area contributed by atoms with Crippen LogP contribution in [0.3, 0.4) is 0 Å². The molecule has 1 atom stereocenters. The van der Waals surface area contributed by atoms with Gasteiger partial charge in [-0.3, -0.25) is 11.3 Å². The maximum atomic E-state index is 5.59. The van der Waals surface area contributed by atoms with Gasteiger partial charge in [0.05, 0.1) is 17.2 Å². The van der Waals surface area contributed by atoms with E-state index in [9.17, 15) is 0 Å².